The molecule has 1 aliphatic heterocycles. The van der Waals surface area contributed by atoms with Gasteiger partial charge in [0.25, 0.3) is 11.8 Å². The number of carbonyl (C=O) groups is 2. The molecule has 132 valence electrons. The lowest BCUT2D eigenvalue weighted by atomic mass is 10.0. The van der Waals surface area contributed by atoms with Gasteiger partial charge in [-0.25, -0.2) is 4.39 Å². The van der Waals surface area contributed by atoms with E-state index in [0.29, 0.717) is 17.8 Å². The zero-order valence-corrected chi connectivity index (χ0v) is 14.5. The fraction of sp³-hybridized carbons (Fsp3) is 0.143. The van der Waals surface area contributed by atoms with Crippen molar-refractivity contribution in [3.8, 4) is 0 Å². The molecule has 0 unspecified atom stereocenters. The topological polar surface area (TPSA) is 40.6 Å². The Morgan fingerprint density at radius 3 is 2.31 bits per heavy atom. The van der Waals surface area contributed by atoms with Gasteiger partial charge >= 0.3 is 0 Å². The molecular weight excluding hydrogens is 331 g/mol. The number of likely N-dealkylation sites (N-methyl/N-ethyl adjacent to an activating group) is 1. The first-order chi connectivity index (χ1) is 12.5. The zero-order valence-electron chi connectivity index (χ0n) is 14.5. The van der Waals surface area contributed by atoms with Gasteiger partial charge < -0.3 is 4.90 Å². The second-order valence-corrected chi connectivity index (χ2v) is 6.08. The summed E-state index contributed by atoms with van der Waals surface area (Å²) in [5, 5.41) is 0. The third-order valence-corrected chi connectivity index (χ3v) is 4.23. The summed E-state index contributed by atoms with van der Waals surface area (Å²) in [6, 6.07) is 15.3. The van der Waals surface area contributed by atoms with Gasteiger partial charge in [0, 0.05) is 20.1 Å². The van der Waals surface area contributed by atoms with Crippen LogP contribution in [0.4, 0.5) is 4.39 Å². The van der Waals surface area contributed by atoms with Crippen LogP contribution in [0.2, 0.25) is 0 Å². The van der Waals surface area contributed by atoms with Gasteiger partial charge in [-0.3, -0.25) is 14.5 Å². The standard InChI is InChI=1S/C21H19FN2O2/c1-3-13-24-20(25)18(16-9-11-17(22)12-10-16)19(21(24)26)23(2)14-15-7-5-4-6-8-15/h3-12H,1,13-14H2,2H3. The molecular formula is C21H19FN2O2. The zero-order chi connectivity index (χ0) is 18.7. The molecule has 0 bridgehead atoms. The smallest absolute Gasteiger partial charge is 0.278 e. The van der Waals surface area contributed by atoms with Crippen molar-refractivity contribution in [3.63, 3.8) is 0 Å². The highest BCUT2D eigenvalue weighted by Crippen LogP contribution is 2.31. The van der Waals surface area contributed by atoms with Crippen molar-refractivity contribution in [2.75, 3.05) is 13.6 Å². The summed E-state index contributed by atoms with van der Waals surface area (Å²) in [5.41, 5.74) is 2.14. The third-order valence-electron chi connectivity index (χ3n) is 4.23. The van der Waals surface area contributed by atoms with Crippen molar-refractivity contribution >= 4 is 17.4 Å². The molecule has 2 aromatic rings. The van der Waals surface area contributed by atoms with Crippen LogP contribution in [0.25, 0.3) is 5.57 Å². The molecule has 0 radical (unpaired) electrons. The van der Waals surface area contributed by atoms with Crippen molar-refractivity contribution in [3.05, 3.63) is 89.9 Å². The van der Waals surface area contributed by atoms with Gasteiger partial charge in [-0.05, 0) is 23.3 Å². The predicted octanol–water partition coefficient (Wildman–Crippen LogP) is 3.22. The first-order valence-electron chi connectivity index (χ1n) is 8.25. The molecule has 1 heterocycles. The molecule has 0 aromatic heterocycles. The monoisotopic (exact) mass is 350 g/mol. The van der Waals surface area contributed by atoms with Gasteiger partial charge in [0.15, 0.2) is 0 Å². The number of nitrogens with zero attached hydrogens (tertiary/aromatic N) is 2. The van der Waals surface area contributed by atoms with Gasteiger partial charge in [0.05, 0.1) is 5.57 Å². The molecule has 0 spiro atoms. The number of carbonyl (C=O) groups excluding carboxylic acids is 2. The number of hydrogen-bond acceptors (Lipinski definition) is 3. The van der Waals surface area contributed by atoms with Crippen LogP contribution in [0, 0.1) is 5.82 Å². The molecule has 2 aromatic carbocycles. The fourth-order valence-corrected chi connectivity index (χ4v) is 3.03. The highest BCUT2D eigenvalue weighted by atomic mass is 19.1. The Bertz CT molecular complexity index is 873. The molecule has 0 aliphatic carbocycles. The second kappa shape index (κ2) is 7.35. The minimum atomic E-state index is -0.395. The minimum Gasteiger partial charge on any atom is -0.365 e. The number of benzene rings is 2. The van der Waals surface area contributed by atoms with Crippen LogP contribution >= 0.6 is 0 Å². The molecule has 26 heavy (non-hydrogen) atoms. The number of amides is 2. The first-order valence-corrected chi connectivity index (χ1v) is 8.25. The van der Waals surface area contributed by atoms with E-state index in [-0.39, 0.29) is 18.0 Å². The van der Waals surface area contributed by atoms with Crippen LogP contribution < -0.4 is 0 Å². The quantitative estimate of drug-likeness (QED) is 0.593. The van der Waals surface area contributed by atoms with E-state index in [1.165, 1.54) is 30.3 Å². The van der Waals surface area contributed by atoms with E-state index in [4.69, 9.17) is 0 Å². The fourth-order valence-electron chi connectivity index (χ4n) is 3.03. The van der Waals surface area contributed by atoms with Crippen LogP contribution in [-0.2, 0) is 16.1 Å². The lowest BCUT2D eigenvalue weighted by Gasteiger charge is -2.21. The van der Waals surface area contributed by atoms with Crippen LogP contribution in [0.5, 0.6) is 0 Å². The van der Waals surface area contributed by atoms with Crippen LogP contribution in [0.3, 0.4) is 0 Å². The van der Waals surface area contributed by atoms with Gasteiger partial charge in [0.2, 0.25) is 0 Å². The molecule has 0 N–H and O–H groups in total. The van der Waals surface area contributed by atoms with E-state index in [9.17, 15) is 14.0 Å². The number of hydrogen-bond donors (Lipinski definition) is 0. The van der Waals surface area contributed by atoms with Crippen LogP contribution in [0.1, 0.15) is 11.1 Å². The summed E-state index contributed by atoms with van der Waals surface area (Å²) >= 11 is 0. The van der Waals surface area contributed by atoms with E-state index in [1.807, 2.05) is 30.3 Å². The maximum Gasteiger partial charge on any atom is 0.278 e. The number of halogens is 1. The molecule has 1 aliphatic rings. The Labute approximate surface area is 151 Å². The summed E-state index contributed by atoms with van der Waals surface area (Å²) in [5.74, 6) is -1.16. The summed E-state index contributed by atoms with van der Waals surface area (Å²) in [6.45, 7) is 4.22. The lowest BCUT2D eigenvalue weighted by Crippen LogP contribution is -2.34. The summed E-state index contributed by atoms with van der Waals surface area (Å²) in [6.07, 6.45) is 1.51. The van der Waals surface area contributed by atoms with Gasteiger partial charge in [-0.15, -0.1) is 6.58 Å². The van der Waals surface area contributed by atoms with Crippen LogP contribution in [-0.4, -0.2) is 35.2 Å². The molecule has 0 fully saturated rings. The normalized spacial score (nSPS) is 14.2. The van der Waals surface area contributed by atoms with Crippen molar-refractivity contribution in [1.29, 1.82) is 0 Å². The lowest BCUT2D eigenvalue weighted by molar-refractivity contribution is -0.136. The molecule has 5 heteroatoms. The Kier molecular flexibility index (Phi) is 4.98. The molecule has 0 atom stereocenters. The van der Waals surface area contributed by atoms with Gasteiger partial charge in [-0.2, -0.15) is 0 Å². The largest absolute Gasteiger partial charge is 0.365 e. The third kappa shape index (κ3) is 3.28. The average molecular weight is 350 g/mol. The summed E-state index contributed by atoms with van der Waals surface area (Å²) < 4.78 is 13.3. The van der Waals surface area contributed by atoms with Crippen molar-refractivity contribution in [2.24, 2.45) is 0 Å². The van der Waals surface area contributed by atoms with Gasteiger partial charge in [0.1, 0.15) is 11.5 Å². The Balaban J connectivity index is 2.04. The maximum absolute atomic E-state index is 13.3. The molecule has 4 nitrogen and oxygen atoms in total. The van der Waals surface area contributed by atoms with Crippen molar-refractivity contribution in [1.82, 2.24) is 9.80 Å². The van der Waals surface area contributed by atoms with E-state index < -0.39 is 11.7 Å². The van der Waals surface area contributed by atoms with E-state index in [1.54, 1.807) is 11.9 Å². The maximum atomic E-state index is 13.3. The van der Waals surface area contributed by atoms with E-state index in [0.717, 1.165) is 10.5 Å². The molecule has 3 rings (SSSR count). The molecule has 0 saturated carbocycles. The van der Waals surface area contributed by atoms with Crippen molar-refractivity contribution in [2.45, 2.75) is 6.54 Å². The van der Waals surface area contributed by atoms with Crippen LogP contribution in [0.15, 0.2) is 72.9 Å². The van der Waals surface area contributed by atoms with Gasteiger partial charge in [-0.1, -0.05) is 48.5 Å². The predicted molar refractivity (Wildman–Crippen MR) is 98.1 cm³/mol. The first kappa shape index (κ1) is 17.6. The Hall–Kier alpha value is -3.21. The SMILES string of the molecule is C=CCN1C(=O)C(c2ccc(F)cc2)=C(N(C)Cc2ccccc2)C1=O. The van der Waals surface area contributed by atoms with Crippen molar-refractivity contribution < 1.29 is 14.0 Å². The van der Waals surface area contributed by atoms with E-state index in [2.05, 4.69) is 6.58 Å². The number of rotatable bonds is 6. The van der Waals surface area contributed by atoms with E-state index >= 15 is 0 Å². The number of imide groups is 1. The Morgan fingerprint density at radius 2 is 1.69 bits per heavy atom. The summed E-state index contributed by atoms with van der Waals surface area (Å²) in [4.78, 5) is 28.6. The summed E-state index contributed by atoms with van der Waals surface area (Å²) in [7, 11) is 1.77. The second-order valence-electron chi connectivity index (χ2n) is 6.08. The minimum absolute atomic E-state index is 0.130. The highest BCUT2D eigenvalue weighted by molar-refractivity contribution is 6.35. The molecule has 2 amide bonds. The highest BCUT2D eigenvalue weighted by Gasteiger charge is 2.40. The molecule has 0 saturated heterocycles. The average Bonchev–Trinajstić information content (AvgIpc) is 2.88. The Morgan fingerprint density at radius 1 is 1.04 bits per heavy atom.